The lowest BCUT2D eigenvalue weighted by Gasteiger charge is -2.37. The summed E-state index contributed by atoms with van der Waals surface area (Å²) < 4.78 is 41.7. The van der Waals surface area contributed by atoms with Crippen molar-refractivity contribution in [2.24, 2.45) is 0 Å². The van der Waals surface area contributed by atoms with Gasteiger partial charge in [-0.05, 0) is 49.4 Å². The number of hydrogen-bond acceptors (Lipinski definition) is 6. The minimum absolute atomic E-state index is 0.0831. The van der Waals surface area contributed by atoms with Crippen LogP contribution in [0.3, 0.4) is 0 Å². The number of aryl methyl sites for hydroxylation is 1. The van der Waals surface area contributed by atoms with Gasteiger partial charge in [-0.2, -0.15) is 13.2 Å². The molecule has 0 radical (unpaired) electrons. The number of carbonyl (C=O) groups is 2. The zero-order valence-electron chi connectivity index (χ0n) is 25.3. The van der Waals surface area contributed by atoms with Crippen LogP contribution in [0.2, 0.25) is 0 Å². The number of anilines is 5. The molecule has 232 valence electrons. The molecule has 2 aromatic carbocycles. The van der Waals surface area contributed by atoms with Crippen molar-refractivity contribution in [3.8, 4) is 0 Å². The fraction of sp³-hybridized carbons (Fsp3) is 0.406. The zero-order chi connectivity index (χ0) is 31.3. The van der Waals surface area contributed by atoms with Crippen LogP contribution in [-0.4, -0.2) is 68.1 Å². The minimum Gasteiger partial charge on any atom is -0.369 e. The third-order valence-corrected chi connectivity index (χ3v) is 8.86. The van der Waals surface area contributed by atoms with Crippen molar-refractivity contribution in [3.63, 3.8) is 0 Å². The van der Waals surface area contributed by atoms with Gasteiger partial charge in [0.25, 0.3) is 5.91 Å². The van der Waals surface area contributed by atoms with Gasteiger partial charge in [0.2, 0.25) is 0 Å². The molecule has 3 amide bonds. The van der Waals surface area contributed by atoms with Crippen molar-refractivity contribution in [1.29, 1.82) is 0 Å². The number of piperazine rings is 1. The number of nitrogens with one attached hydrogen (secondary N) is 2. The van der Waals surface area contributed by atoms with Gasteiger partial charge < -0.3 is 20.4 Å². The smallest absolute Gasteiger partial charge is 0.369 e. The van der Waals surface area contributed by atoms with Crippen LogP contribution >= 0.6 is 0 Å². The van der Waals surface area contributed by atoms with Gasteiger partial charge in [-0.25, -0.2) is 9.78 Å². The van der Waals surface area contributed by atoms with Crippen molar-refractivity contribution in [2.75, 3.05) is 71.6 Å². The number of carbonyl (C=O) groups excluding carboxylic acids is 2. The molecule has 3 aliphatic heterocycles. The Bertz CT molecular complexity index is 1620. The summed E-state index contributed by atoms with van der Waals surface area (Å²) in [5.74, 6) is 0.353. The number of aromatic nitrogens is 1. The molecule has 4 heterocycles. The highest BCUT2D eigenvalue weighted by atomic mass is 19.4. The summed E-state index contributed by atoms with van der Waals surface area (Å²) >= 11 is 0. The maximum atomic E-state index is 13.9. The fourth-order valence-electron chi connectivity index (χ4n) is 6.32. The first-order valence-corrected chi connectivity index (χ1v) is 14.9. The number of alkyl halides is 3. The quantitative estimate of drug-likeness (QED) is 0.376. The molecule has 9 nitrogen and oxygen atoms in total. The number of likely N-dealkylation sites (N-methyl/N-ethyl adjacent to an activating group) is 1. The van der Waals surface area contributed by atoms with E-state index in [1.165, 1.54) is 6.07 Å². The molecule has 1 aromatic heterocycles. The van der Waals surface area contributed by atoms with E-state index in [-0.39, 0.29) is 17.5 Å². The van der Waals surface area contributed by atoms with E-state index in [0.29, 0.717) is 36.7 Å². The van der Waals surface area contributed by atoms with Crippen LogP contribution < -0.4 is 25.3 Å². The highest BCUT2D eigenvalue weighted by molar-refractivity contribution is 6.08. The van der Waals surface area contributed by atoms with E-state index in [9.17, 15) is 22.8 Å². The average Bonchev–Trinajstić information content (AvgIpc) is 3.39. The number of urea groups is 1. The Morgan fingerprint density at radius 2 is 1.86 bits per heavy atom. The molecule has 3 aliphatic rings. The second-order valence-corrected chi connectivity index (χ2v) is 11.7. The predicted octanol–water partition coefficient (Wildman–Crippen LogP) is 5.91. The van der Waals surface area contributed by atoms with Crippen LogP contribution in [0.25, 0.3) is 0 Å². The third kappa shape index (κ3) is 5.42. The Balaban J connectivity index is 1.27. The van der Waals surface area contributed by atoms with E-state index >= 15 is 0 Å². The van der Waals surface area contributed by atoms with Gasteiger partial charge in [0, 0.05) is 80.0 Å². The molecular weight excluding hydrogens is 571 g/mol. The third-order valence-electron chi connectivity index (χ3n) is 8.86. The molecule has 2 N–H and O–H groups in total. The van der Waals surface area contributed by atoms with E-state index in [1.807, 2.05) is 11.8 Å². The maximum Gasteiger partial charge on any atom is 0.416 e. The lowest BCUT2D eigenvalue weighted by Crippen LogP contribution is -2.46. The Morgan fingerprint density at radius 3 is 2.57 bits per heavy atom. The van der Waals surface area contributed by atoms with Crippen LogP contribution in [0.15, 0.2) is 42.6 Å². The van der Waals surface area contributed by atoms with E-state index in [2.05, 4.69) is 34.4 Å². The summed E-state index contributed by atoms with van der Waals surface area (Å²) in [4.78, 5) is 39.0. The van der Waals surface area contributed by atoms with Crippen LogP contribution in [0.5, 0.6) is 0 Å². The van der Waals surface area contributed by atoms with Crippen LogP contribution in [0.1, 0.15) is 52.4 Å². The molecule has 6 rings (SSSR count). The number of halogens is 3. The van der Waals surface area contributed by atoms with Crippen molar-refractivity contribution >= 4 is 40.5 Å². The van der Waals surface area contributed by atoms with Crippen LogP contribution in [0, 0.1) is 6.92 Å². The summed E-state index contributed by atoms with van der Waals surface area (Å²) in [5, 5.41) is 6.06. The lowest BCUT2D eigenvalue weighted by molar-refractivity contribution is -0.137. The first-order chi connectivity index (χ1) is 20.9. The van der Waals surface area contributed by atoms with Gasteiger partial charge in [0.05, 0.1) is 23.5 Å². The number of amides is 3. The molecule has 0 saturated carbocycles. The Kier molecular flexibility index (Phi) is 7.64. The normalized spacial score (nSPS) is 18.7. The summed E-state index contributed by atoms with van der Waals surface area (Å²) in [5.41, 5.74) is 4.00. The molecule has 44 heavy (non-hydrogen) atoms. The molecule has 12 heteroatoms. The van der Waals surface area contributed by atoms with Crippen LogP contribution in [-0.2, 0) is 12.7 Å². The topological polar surface area (TPSA) is 84.1 Å². The fourth-order valence-corrected chi connectivity index (χ4v) is 6.32. The SMILES string of the molecule is CCN1CCN(c2cc(C(=O)Nc3ccc(C)c(N4Cc5cnc6c(c5N(C)C4=O)C(C)CN6)c3)cc(C(F)(F)F)c2)CC1. The summed E-state index contributed by atoms with van der Waals surface area (Å²) in [6.45, 7) is 10.6. The average molecular weight is 608 g/mol. The van der Waals surface area contributed by atoms with Crippen molar-refractivity contribution < 1.29 is 22.8 Å². The molecule has 0 aliphatic carbocycles. The summed E-state index contributed by atoms with van der Waals surface area (Å²) in [6, 6.07) is 8.45. The molecule has 1 unspecified atom stereocenters. The molecule has 1 atom stereocenters. The molecular formula is C32H36F3N7O2. The number of pyridine rings is 1. The Hall–Kier alpha value is -4.32. The van der Waals surface area contributed by atoms with Crippen LogP contribution in [0.4, 0.5) is 46.5 Å². The monoisotopic (exact) mass is 607 g/mol. The highest BCUT2D eigenvalue weighted by Gasteiger charge is 2.36. The number of benzene rings is 2. The minimum atomic E-state index is -4.60. The second kappa shape index (κ2) is 11.3. The molecule has 0 spiro atoms. The van der Waals surface area contributed by atoms with Gasteiger partial charge in [0.15, 0.2) is 0 Å². The largest absolute Gasteiger partial charge is 0.416 e. The van der Waals surface area contributed by atoms with Crippen molar-refractivity contribution in [3.05, 3.63) is 70.4 Å². The number of fused-ring (bicyclic) bond motifs is 3. The van der Waals surface area contributed by atoms with Gasteiger partial charge in [0.1, 0.15) is 5.82 Å². The van der Waals surface area contributed by atoms with Gasteiger partial charge in [-0.15, -0.1) is 0 Å². The van der Waals surface area contributed by atoms with E-state index in [4.69, 9.17) is 0 Å². The van der Waals surface area contributed by atoms with E-state index in [1.54, 1.807) is 41.2 Å². The molecule has 3 aromatic rings. The first-order valence-electron chi connectivity index (χ1n) is 14.9. The summed E-state index contributed by atoms with van der Waals surface area (Å²) in [6.07, 6.45) is -2.82. The Morgan fingerprint density at radius 1 is 1.11 bits per heavy atom. The molecule has 1 fully saturated rings. The second-order valence-electron chi connectivity index (χ2n) is 11.7. The highest BCUT2D eigenvalue weighted by Crippen LogP contribution is 2.43. The van der Waals surface area contributed by atoms with E-state index < -0.39 is 17.6 Å². The van der Waals surface area contributed by atoms with E-state index in [0.717, 1.165) is 66.5 Å². The Labute approximate surface area is 254 Å². The van der Waals surface area contributed by atoms with Gasteiger partial charge in [-0.1, -0.05) is 19.9 Å². The zero-order valence-corrected chi connectivity index (χ0v) is 25.3. The van der Waals surface area contributed by atoms with Crippen molar-refractivity contribution in [1.82, 2.24) is 9.88 Å². The standard InChI is InChI=1S/C32H36F3N7O2/c1-5-40-8-10-41(11-9-40)25-13-21(12-23(14-25)32(33,34)35)30(43)38-24-7-6-19(2)26(15-24)42-18-22-17-37-29-27(20(3)16-36-29)28(22)39(4)31(42)44/h6-7,12-15,17,20H,5,8-11,16,18H2,1-4H3,(H,36,37)(H,38,43). The lowest BCUT2D eigenvalue weighted by atomic mass is 9.98. The number of rotatable bonds is 5. The van der Waals surface area contributed by atoms with Gasteiger partial charge in [-0.3, -0.25) is 14.6 Å². The molecule has 1 saturated heterocycles. The maximum absolute atomic E-state index is 13.9. The van der Waals surface area contributed by atoms with Gasteiger partial charge >= 0.3 is 12.2 Å². The predicted molar refractivity (Wildman–Crippen MR) is 166 cm³/mol. The summed E-state index contributed by atoms with van der Waals surface area (Å²) in [7, 11) is 1.74. The van der Waals surface area contributed by atoms with Crippen molar-refractivity contribution in [2.45, 2.75) is 39.4 Å². The first kappa shape index (κ1) is 29.7. The number of hydrogen-bond donors (Lipinski definition) is 2. The molecule has 0 bridgehead atoms. The number of nitrogens with zero attached hydrogens (tertiary/aromatic N) is 5.